The lowest BCUT2D eigenvalue weighted by atomic mass is 9.98. The molecular formula is C33H35FN6O4. The van der Waals surface area contributed by atoms with E-state index in [2.05, 4.69) is 11.2 Å². The van der Waals surface area contributed by atoms with Crippen LogP contribution < -0.4 is 10.2 Å². The molecule has 2 saturated heterocycles. The summed E-state index contributed by atoms with van der Waals surface area (Å²) >= 11 is 0. The number of hydrogen-bond acceptors (Lipinski definition) is 6. The molecule has 0 saturated carbocycles. The lowest BCUT2D eigenvalue weighted by Gasteiger charge is -2.55. The van der Waals surface area contributed by atoms with Crippen molar-refractivity contribution in [3.63, 3.8) is 0 Å². The summed E-state index contributed by atoms with van der Waals surface area (Å²) in [6, 6.07) is 19.2. The molecule has 0 bridgehead atoms. The number of benzene rings is 3. The van der Waals surface area contributed by atoms with Gasteiger partial charge in [0.15, 0.2) is 0 Å². The van der Waals surface area contributed by atoms with Crippen molar-refractivity contribution in [1.82, 2.24) is 25.1 Å². The maximum atomic E-state index is 14.5. The Kier molecular flexibility index (Phi) is 9.01. The van der Waals surface area contributed by atoms with Crippen LogP contribution in [-0.2, 0) is 29.1 Å². The highest BCUT2D eigenvalue weighted by Gasteiger charge is 2.51. The Bertz CT molecular complexity index is 1560. The van der Waals surface area contributed by atoms with E-state index in [-0.39, 0.29) is 62.5 Å². The van der Waals surface area contributed by atoms with Crippen molar-refractivity contribution in [3.05, 3.63) is 95.3 Å². The van der Waals surface area contributed by atoms with Gasteiger partial charge in [-0.1, -0.05) is 54.5 Å². The molecule has 2 aliphatic heterocycles. The third-order valence-corrected chi connectivity index (χ3v) is 7.83. The first-order valence-corrected chi connectivity index (χ1v) is 14.3. The lowest BCUT2D eigenvalue weighted by molar-refractivity contribution is -0.189. The Morgan fingerprint density at radius 3 is 2.43 bits per heavy atom. The molecule has 228 valence electrons. The Labute approximate surface area is 256 Å². The highest BCUT2D eigenvalue weighted by molar-refractivity contribution is 5.91. The largest absolute Gasteiger partial charge is 0.508 e. The van der Waals surface area contributed by atoms with E-state index in [1.165, 1.54) is 33.1 Å². The SMILES string of the molecule is C#CCN1CC(=O)N2[C@@H](Cc3ccc(O)cc3)C(=O)N(Cc3ccc(F)c(N(C)C)c3)C[C@@H]2N1C(=O)NCc1ccccc1. The molecule has 2 aliphatic rings. The Morgan fingerprint density at radius 1 is 1.05 bits per heavy atom. The monoisotopic (exact) mass is 598 g/mol. The molecule has 4 amide bonds. The minimum Gasteiger partial charge on any atom is -0.508 e. The minimum absolute atomic E-state index is 0.00949. The first kappa shape index (κ1) is 30.4. The maximum Gasteiger partial charge on any atom is 0.334 e. The molecule has 3 aromatic rings. The van der Waals surface area contributed by atoms with Gasteiger partial charge in [0.1, 0.15) is 23.8 Å². The molecule has 0 spiro atoms. The van der Waals surface area contributed by atoms with Gasteiger partial charge in [-0.3, -0.25) is 9.59 Å². The number of hydrazine groups is 1. The Hall–Kier alpha value is -5.08. The van der Waals surface area contributed by atoms with Gasteiger partial charge in [0.2, 0.25) is 11.8 Å². The summed E-state index contributed by atoms with van der Waals surface area (Å²) < 4.78 is 14.5. The van der Waals surface area contributed by atoms with Crippen LogP contribution in [0.3, 0.4) is 0 Å². The fourth-order valence-electron chi connectivity index (χ4n) is 5.71. The van der Waals surface area contributed by atoms with Crippen molar-refractivity contribution in [1.29, 1.82) is 0 Å². The highest BCUT2D eigenvalue weighted by atomic mass is 19.1. The number of nitrogens with one attached hydrogen (secondary N) is 1. The fraction of sp³-hybridized carbons (Fsp3) is 0.303. The van der Waals surface area contributed by atoms with Crippen molar-refractivity contribution in [2.75, 3.05) is 38.6 Å². The first-order chi connectivity index (χ1) is 21.2. The van der Waals surface area contributed by atoms with Crippen molar-refractivity contribution in [3.8, 4) is 18.1 Å². The predicted octanol–water partition coefficient (Wildman–Crippen LogP) is 2.78. The van der Waals surface area contributed by atoms with Gasteiger partial charge in [-0.05, 0) is 41.0 Å². The van der Waals surface area contributed by atoms with Crippen LogP contribution in [0.15, 0.2) is 72.8 Å². The van der Waals surface area contributed by atoms with Gasteiger partial charge >= 0.3 is 6.03 Å². The molecule has 10 nitrogen and oxygen atoms in total. The predicted molar refractivity (Wildman–Crippen MR) is 163 cm³/mol. The summed E-state index contributed by atoms with van der Waals surface area (Å²) in [7, 11) is 3.47. The van der Waals surface area contributed by atoms with E-state index in [1.807, 2.05) is 30.3 Å². The number of terminal acetylenes is 1. The number of halogens is 1. The van der Waals surface area contributed by atoms with Crippen LogP contribution in [-0.4, -0.2) is 88.7 Å². The number of carbonyl (C=O) groups excluding carboxylic acids is 3. The van der Waals surface area contributed by atoms with E-state index in [1.54, 1.807) is 48.2 Å². The van der Waals surface area contributed by atoms with Gasteiger partial charge in [0.05, 0.1) is 25.3 Å². The van der Waals surface area contributed by atoms with Crippen LogP contribution >= 0.6 is 0 Å². The minimum atomic E-state index is -0.933. The second kappa shape index (κ2) is 13.1. The van der Waals surface area contributed by atoms with E-state index in [0.717, 1.165) is 11.1 Å². The molecule has 2 atom stereocenters. The standard InChI is InChI=1S/C33H35FN6O4/c1-4-16-38-22-31(42)39-29(17-23-10-13-26(41)14-11-23)32(43)37(20-25-12-15-27(34)28(18-25)36(2)3)21-30(39)40(38)33(44)35-19-24-8-6-5-7-9-24/h1,5-15,18,29-30,41H,16-17,19-22H2,2-3H3,(H,35,44)/t29-,30-/m0/s1. The zero-order valence-electron chi connectivity index (χ0n) is 24.7. The van der Waals surface area contributed by atoms with E-state index < -0.39 is 18.2 Å². The second-order valence-electron chi connectivity index (χ2n) is 11.1. The van der Waals surface area contributed by atoms with Gasteiger partial charge in [-0.15, -0.1) is 6.42 Å². The average molecular weight is 599 g/mol. The Balaban J connectivity index is 1.51. The quantitative estimate of drug-likeness (QED) is 0.387. The smallest absolute Gasteiger partial charge is 0.334 e. The molecule has 2 heterocycles. The number of fused-ring (bicyclic) bond motifs is 1. The summed E-state index contributed by atoms with van der Waals surface area (Å²) in [5.41, 5.74) is 2.71. The number of carbonyl (C=O) groups is 3. The molecule has 44 heavy (non-hydrogen) atoms. The number of amides is 4. The molecule has 0 unspecified atom stereocenters. The number of urea groups is 1. The van der Waals surface area contributed by atoms with Gasteiger partial charge < -0.3 is 25.1 Å². The van der Waals surface area contributed by atoms with E-state index in [0.29, 0.717) is 11.3 Å². The summed E-state index contributed by atoms with van der Waals surface area (Å²) in [6.07, 6.45) is 4.96. The highest BCUT2D eigenvalue weighted by Crippen LogP contribution is 2.30. The molecule has 2 N–H and O–H groups in total. The van der Waals surface area contributed by atoms with E-state index in [4.69, 9.17) is 6.42 Å². The number of anilines is 1. The van der Waals surface area contributed by atoms with Gasteiger partial charge in [-0.2, -0.15) is 5.01 Å². The normalized spacial score (nSPS) is 18.5. The number of rotatable bonds is 8. The third kappa shape index (κ3) is 6.45. The zero-order valence-corrected chi connectivity index (χ0v) is 24.7. The van der Waals surface area contributed by atoms with Crippen LogP contribution in [0.5, 0.6) is 5.75 Å². The lowest BCUT2D eigenvalue weighted by Crippen LogP contribution is -2.76. The topological polar surface area (TPSA) is 99.7 Å². The average Bonchev–Trinajstić information content (AvgIpc) is 3.00. The molecular weight excluding hydrogens is 563 g/mol. The van der Waals surface area contributed by atoms with Crippen molar-refractivity contribution in [2.24, 2.45) is 0 Å². The number of phenols is 1. The van der Waals surface area contributed by atoms with Crippen LogP contribution in [0.2, 0.25) is 0 Å². The summed E-state index contributed by atoms with van der Waals surface area (Å²) in [6.45, 7) is 0.242. The summed E-state index contributed by atoms with van der Waals surface area (Å²) in [5.74, 6) is 1.61. The van der Waals surface area contributed by atoms with Crippen LogP contribution in [0, 0.1) is 18.2 Å². The summed E-state index contributed by atoms with van der Waals surface area (Å²) in [5, 5.41) is 15.7. The number of hydrogen-bond donors (Lipinski definition) is 2. The third-order valence-electron chi connectivity index (χ3n) is 7.83. The van der Waals surface area contributed by atoms with Gasteiger partial charge in [-0.25, -0.2) is 14.2 Å². The van der Waals surface area contributed by atoms with Crippen molar-refractivity contribution in [2.45, 2.75) is 31.7 Å². The van der Waals surface area contributed by atoms with Gasteiger partial charge in [0.25, 0.3) is 0 Å². The number of nitrogens with zero attached hydrogens (tertiary/aromatic N) is 5. The van der Waals surface area contributed by atoms with E-state index in [9.17, 15) is 23.9 Å². The van der Waals surface area contributed by atoms with Crippen molar-refractivity contribution < 1.29 is 23.9 Å². The molecule has 0 aromatic heterocycles. The maximum absolute atomic E-state index is 14.5. The molecule has 11 heteroatoms. The fourth-order valence-corrected chi connectivity index (χ4v) is 5.71. The van der Waals surface area contributed by atoms with Gasteiger partial charge in [0, 0.05) is 33.6 Å². The van der Waals surface area contributed by atoms with Crippen LogP contribution in [0.1, 0.15) is 16.7 Å². The number of aromatic hydroxyl groups is 1. The molecule has 2 fully saturated rings. The van der Waals surface area contributed by atoms with Crippen molar-refractivity contribution >= 4 is 23.5 Å². The summed E-state index contributed by atoms with van der Waals surface area (Å²) in [4.78, 5) is 46.3. The number of piperazine rings is 1. The molecule has 5 rings (SSSR count). The molecule has 0 aliphatic carbocycles. The first-order valence-electron chi connectivity index (χ1n) is 14.3. The molecule has 0 radical (unpaired) electrons. The molecule has 3 aromatic carbocycles. The Morgan fingerprint density at radius 2 is 1.75 bits per heavy atom. The number of phenolic OH excluding ortho intramolecular Hbond substituents is 1. The second-order valence-corrected chi connectivity index (χ2v) is 11.1. The van der Waals surface area contributed by atoms with Crippen LogP contribution in [0.4, 0.5) is 14.9 Å². The van der Waals surface area contributed by atoms with E-state index >= 15 is 0 Å². The zero-order chi connectivity index (χ0) is 31.4. The van der Waals surface area contributed by atoms with Crippen LogP contribution in [0.25, 0.3) is 0 Å².